The number of rotatable bonds is 6. The average molecular weight is 365 g/mol. The second-order valence-corrected chi connectivity index (χ2v) is 6.22. The van der Waals surface area contributed by atoms with Crippen LogP contribution < -0.4 is 10.7 Å². The molecule has 126 valence electrons. The normalized spacial score (nSPS) is 11.4. The summed E-state index contributed by atoms with van der Waals surface area (Å²) in [7, 11) is 0. The van der Waals surface area contributed by atoms with Crippen molar-refractivity contribution in [3.63, 3.8) is 0 Å². The van der Waals surface area contributed by atoms with Crippen molar-refractivity contribution in [3.05, 3.63) is 60.2 Å². The first-order chi connectivity index (χ1) is 11.6. The fraction of sp³-hybridized carbons (Fsp3) is 0.176. The summed E-state index contributed by atoms with van der Waals surface area (Å²) in [5, 5.41) is 7.63. The molecule has 0 aliphatic rings. The number of alkyl halides is 2. The standard InChI is InChI=1S/C17H17F2N3S2/c1-2-15(12-6-4-3-5-7-12)21-22-17(23)20-13-8-10-14(11-9-13)24-16(18)19/h3-11,16H,2H2,1H3,(H2,20,22,23)/b21-15-. The Morgan fingerprint density at radius 3 is 2.38 bits per heavy atom. The predicted octanol–water partition coefficient (Wildman–Crippen LogP) is 5.10. The van der Waals surface area contributed by atoms with Crippen molar-refractivity contribution in [1.29, 1.82) is 0 Å². The van der Waals surface area contributed by atoms with Gasteiger partial charge in [-0.2, -0.15) is 13.9 Å². The number of nitrogens with one attached hydrogen (secondary N) is 2. The van der Waals surface area contributed by atoms with Gasteiger partial charge in [-0.15, -0.1) is 0 Å². The van der Waals surface area contributed by atoms with Gasteiger partial charge in [0.1, 0.15) is 0 Å². The van der Waals surface area contributed by atoms with E-state index in [4.69, 9.17) is 12.2 Å². The molecule has 0 unspecified atom stereocenters. The summed E-state index contributed by atoms with van der Waals surface area (Å²) >= 11 is 5.71. The molecular weight excluding hydrogens is 348 g/mol. The van der Waals surface area contributed by atoms with Crippen LogP contribution in [0.2, 0.25) is 0 Å². The van der Waals surface area contributed by atoms with E-state index < -0.39 is 5.76 Å². The maximum Gasteiger partial charge on any atom is 0.288 e. The maximum atomic E-state index is 12.3. The molecule has 0 saturated carbocycles. The van der Waals surface area contributed by atoms with Gasteiger partial charge in [-0.05, 0) is 48.5 Å². The molecule has 0 fully saturated rings. The molecule has 0 heterocycles. The summed E-state index contributed by atoms with van der Waals surface area (Å²) in [5.74, 6) is -2.42. The Balaban J connectivity index is 1.94. The van der Waals surface area contributed by atoms with Gasteiger partial charge in [0.05, 0.1) is 5.71 Å². The molecule has 0 aliphatic heterocycles. The molecule has 24 heavy (non-hydrogen) atoms. The van der Waals surface area contributed by atoms with Gasteiger partial charge in [0.2, 0.25) is 0 Å². The molecule has 0 spiro atoms. The highest BCUT2D eigenvalue weighted by atomic mass is 32.2. The third-order valence-electron chi connectivity index (χ3n) is 3.07. The van der Waals surface area contributed by atoms with Crippen molar-refractivity contribution < 1.29 is 8.78 Å². The highest BCUT2D eigenvalue weighted by Gasteiger charge is 2.05. The first-order valence-electron chi connectivity index (χ1n) is 7.32. The van der Waals surface area contributed by atoms with E-state index in [9.17, 15) is 8.78 Å². The number of thioether (sulfide) groups is 1. The fourth-order valence-electron chi connectivity index (χ4n) is 1.98. The van der Waals surface area contributed by atoms with Crippen molar-refractivity contribution >= 4 is 40.5 Å². The minimum atomic E-state index is -2.42. The lowest BCUT2D eigenvalue weighted by molar-refractivity contribution is 0.252. The van der Waals surface area contributed by atoms with Gasteiger partial charge < -0.3 is 5.32 Å². The van der Waals surface area contributed by atoms with Crippen LogP contribution in [0.4, 0.5) is 14.5 Å². The van der Waals surface area contributed by atoms with Crippen LogP contribution in [0, 0.1) is 0 Å². The van der Waals surface area contributed by atoms with E-state index in [1.54, 1.807) is 24.3 Å². The zero-order valence-electron chi connectivity index (χ0n) is 13.0. The summed E-state index contributed by atoms with van der Waals surface area (Å²) < 4.78 is 24.6. The topological polar surface area (TPSA) is 36.4 Å². The molecule has 0 saturated heterocycles. The molecule has 2 aromatic rings. The Kier molecular flexibility index (Phi) is 7.14. The lowest BCUT2D eigenvalue weighted by Gasteiger charge is -2.09. The third kappa shape index (κ3) is 5.90. The van der Waals surface area contributed by atoms with Gasteiger partial charge in [-0.1, -0.05) is 49.0 Å². The van der Waals surface area contributed by atoms with Crippen LogP contribution >= 0.6 is 24.0 Å². The van der Waals surface area contributed by atoms with Crippen LogP contribution in [0.3, 0.4) is 0 Å². The molecule has 2 aromatic carbocycles. The van der Waals surface area contributed by atoms with Gasteiger partial charge in [0.15, 0.2) is 5.11 Å². The van der Waals surface area contributed by atoms with Crippen LogP contribution in [0.15, 0.2) is 64.6 Å². The van der Waals surface area contributed by atoms with Crippen molar-refractivity contribution in [2.24, 2.45) is 5.10 Å². The van der Waals surface area contributed by atoms with E-state index in [1.165, 1.54) is 0 Å². The Labute approximate surface area is 149 Å². The van der Waals surface area contributed by atoms with E-state index in [1.807, 2.05) is 37.3 Å². The lowest BCUT2D eigenvalue weighted by Crippen LogP contribution is -2.25. The predicted molar refractivity (Wildman–Crippen MR) is 101 cm³/mol. The van der Waals surface area contributed by atoms with Gasteiger partial charge >= 0.3 is 0 Å². The van der Waals surface area contributed by atoms with E-state index >= 15 is 0 Å². The SMILES string of the molecule is CC/C(=N/NC(=S)Nc1ccc(SC(F)F)cc1)c1ccccc1. The maximum absolute atomic E-state index is 12.3. The van der Waals surface area contributed by atoms with Crippen molar-refractivity contribution in [2.45, 2.75) is 24.0 Å². The van der Waals surface area contributed by atoms with Crippen LogP contribution in [-0.4, -0.2) is 16.6 Å². The number of hydrogen-bond donors (Lipinski definition) is 2. The van der Waals surface area contributed by atoms with Gasteiger partial charge in [-0.25, -0.2) is 0 Å². The molecule has 3 nitrogen and oxygen atoms in total. The Morgan fingerprint density at radius 1 is 1.12 bits per heavy atom. The summed E-state index contributed by atoms with van der Waals surface area (Å²) in [4.78, 5) is 0.504. The summed E-state index contributed by atoms with van der Waals surface area (Å²) in [6, 6.07) is 16.5. The molecule has 0 amide bonds. The van der Waals surface area contributed by atoms with Crippen molar-refractivity contribution in [1.82, 2.24) is 5.43 Å². The largest absolute Gasteiger partial charge is 0.331 e. The number of benzene rings is 2. The average Bonchev–Trinajstić information content (AvgIpc) is 2.58. The number of thiocarbonyl (C=S) groups is 1. The van der Waals surface area contributed by atoms with E-state index in [0.29, 0.717) is 27.5 Å². The van der Waals surface area contributed by atoms with Gasteiger partial charge in [-0.3, -0.25) is 5.43 Å². The lowest BCUT2D eigenvalue weighted by atomic mass is 10.1. The number of hydrogen-bond acceptors (Lipinski definition) is 3. The summed E-state index contributed by atoms with van der Waals surface area (Å²) in [6.45, 7) is 2.02. The van der Waals surface area contributed by atoms with Crippen LogP contribution in [0.25, 0.3) is 0 Å². The molecule has 0 aliphatic carbocycles. The zero-order chi connectivity index (χ0) is 17.4. The molecule has 7 heteroatoms. The zero-order valence-corrected chi connectivity index (χ0v) is 14.6. The van der Waals surface area contributed by atoms with Crippen molar-refractivity contribution in [2.75, 3.05) is 5.32 Å². The van der Waals surface area contributed by atoms with E-state index in [2.05, 4.69) is 15.8 Å². The van der Waals surface area contributed by atoms with Gasteiger partial charge in [0, 0.05) is 10.6 Å². The van der Waals surface area contributed by atoms with Crippen LogP contribution in [0.5, 0.6) is 0 Å². The number of halogens is 2. The Hall–Kier alpha value is -1.99. The highest BCUT2D eigenvalue weighted by Crippen LogP contribution is 2.26. The second-order valence-electron chi connectivity index (χ2n) is 4.75. The van der Waals surface area contributed by atoms with Crippen LogP contribution in [0.1, 0.15) is 18.9 Å². The summed E-state index contributed by atoms with van der Waals surface area (Å²) in [6.07, 6.45) is 0.763. The monoisotopic (exact) mass is 365 g/mol. The molecule has 0 aromatic heterocycles. The summed E-state index contributed by atoms with van der Waals surface area (Å²) in [5.41, 5.74) is 5.44. The third-order valence-corrected chi connectivity index (χ3v) is 3.99. The first kappa shape index (κ1) is 18.4. The molecule has 0 radical (unpaired) electrons. The van der Waals surface area contributed by atoms with Crippen LogP contribution in [-0.2, 0) is 0 Å². The quantitative estimate of drug-likeness (QED) is 0.323. The smallest absolute Gasteiger partial charge is 0.288 e. The molecular formula is C17H17F2N3S2. The Morgan fingerprint density at radius 2 is 1.79 bits per heavy atom. The van der Waals surface area contributed by atoms with E-state index in [0.717, 1.165) is 17.7 Å². The Bertz CT molecular complexity index is 689. The molecule has 0 atom stereocenters. The highest BCUT2D eigenvalue weighted by molar-refractivity contribution is 7.99. The first-order valence-corrected chi connectivity index (χ1v) is 8.61. The number of anilines is 1. The second kappa shape index (κ2) is 9.34. The van der Waals surface area contributed by atoms with Crippen molar-refractivity contribution in [3.8, 4) is 0 Å². The molecule has 0 bridgehead atoms. The minimum Gasteiger partial charge on any atom is -0.331 e. The molecule has 2 N–H and O–H groups in total. The fourth-order valence-corrected chi connectivity index (χ4v) is 2.64. The number of nitrogens with zero attached hydrogens (tertiary/aromatic N) is 1. The number of hydrazone groups is 1. The molecule has 2 rings (SSSR count). The minimum absolute atomic E-state index is 0.339. The van der Waals surface area contributed by atoms with Gasteiger partial charge in [0.25, 0.3) is 5.76 Å². The van der Waals surface area contributed by atoms with E-state index in [-0.39, 0.29) is 0 Å².